The molecule has 2 aromatic carbocycles. The second-order valence-corrected chi connectivity index (χ2v) is 9.18. The zero-order valence-corrected chi connectivity index (χ0v) is 17.2. The highest BCUT2D eigenvalue weighted by molar-refractivity contribution is 7.89. The Morgan fingerprint density at radius 1 is 0.964 bits per heavy atom. The third-order valence-electron chi connectivity index (χ3n) is 4.92. The monoisotopic (exact) mass is 401 g/mol. The summed E-state index contributed by atoms with van der Waals surface area (Å²) < 4.78 is 27.5. The molecule has 0 aromatic heterocycles. The van der Waals surface area contributed by atoms with Crippen LogP contribution in [-0.4, -0.2) is 45.8 Å². The van der Waals surface area contributed by atoms with Crippen molar-refractivity contribution in [3.8, 4) is 0 Å². The summed E-state index contributed by atoms with van der Waals surface area (Å²) in [5.41, 5.74) is 1.91. The summed E-state index contributed by atoms with van der Waals surface area (Å²) in [5, 5.41) is 2.81. The number of hydrogen-bond acceptors (Lipinski definition) is 4. The lowest BCUT2D eigenvalue weighted by Gasteiger charge is -2.20. The molecule has 7 heteroatoms. The zero-order chi connectivity index (χ0) is 20.1. The Hall–Kier alpha value is -2.38. The molecule has 0 bridgehead atoms. The second-order valence-electron chi connectivity index (χ2n) is 7.25. The molecule has 0 aliphatic carbocycles. The third kappa shape index (κ3) is 4.72. The van der Waals surface area contributed by atoms with Crippen LogP contribution in [0.2, 0.25) is 0 Å². The third-order valence-corrected chi connectivity index (χ3v) is 6.81. The Bertz CT molecular complexity index is 933. The fraction of sp³-hybridized carbons (Fsp3) is 0.381. The Kier molecular flexibility index (Phi) is 6.36. The van der Waals surface area contributed by atoms with Gasteiger partial charge in [-0.1, -0.05) is 25.0 Å². The second kappa shape index (κ2) is 8.75. The summed E-state index contributed by atoms with van der Waals surface area (Å²) in [7, 11) is 0.271. The molecule has 3 rings (SSSR count). The fourth-order valence-corrected chi connectivity index (χ4v) is 4.86. The number of sulfonamides is 1. The number of anilines is 2. The van der Waals surface area contributed by atoms with Crippen LogP contribution in [0.1, 0.15) is 36.0 Å². The van der Waals surface area contributed by atoms with Crippen LogP contribution in [0.4, 0.5) is 11.4 Å². The van der Waals surface area contributed by atoms with Gasteiger partial charge in [0.05, 0.1) is 4.90 Å². The van der Waals surface area contributed by atoms with Gasteiger partial charge in [-0.15, -0.1) is 0 Å². The average molecular weight is 402 g/mol. The van der Waals surface area contributed by atoms with E-state index in [0.717, 1.165) is 31.4 Å². The van der Waals surface area contributed by atoms with Gasteiger partial charge in [-0.2, -0.15) is 4.31 Å². The fourth-order valence-electron chi connectivity index (χ4n) is 3.29. The number of hydrogen-bond donors (Lipinski definition) is 1. The van der Waals surface area contributed by atoms with Gasteiger partial charge >= 0.3 is 0 Å². The molecule has 1 aliphatic heterocycles. The number of nitrogens with one attached hydrogen (secondary N) is 1. The zero-order valence-electron chi connectivity index (χ0n) is 16.4. The van der Waals surface area contributed by atoms with Crippen molar-refractivity contribution in [3.63, 3.8) is 0 Å². The smallest absolute Gasteiger partial charge is 0.255 e. The molecular formula is C21H27N3O3S. The molecule has 150 valence electrons. The van der Waals surface area contributed by atoms with Crippen LogP contribution in [0, 0.1) is 0 Å². The van der Waals surface area contributed by atoms with Crippen LogP contribution in [0.5, 0.6) is 0 Å². The van der Waals surface area contributed by atoms with Gasteiger partial charge in [-0.3, -0.25) is 4.79 Å². The minimum atomic E-state index is -3.55. The van der Waals surface area contributed by atoms with Crippen molar-refractivity contribution in [2.45, 2.75) is 30.6 Å². The highest BCUT2D eigenvalue weighted by Crippen LogP contribution is 2.23. The summed E-state index contributed by atoms with van der Waals surface area (Å²) in [6, 6.07) is 13.8. The number of amides is 1. The van der Waals surface area contributed by atoms with Gasteiger partial charge in [0.15, 0.2) is 0 Å². The molecule has 0 radical (unpaired) electrons. The van der Waals surface area contributed by atoms with Gasteiger partial charge in [0.1, 0.15) is 0 Å². The molecule has 6 nitrogen and oxygen atoms in total. The maximum atomic E-state index is 13.0. The van der Waals surface area contributed by atoms with E-state index in [1.807, 2.05) is 31.1 Å². The molecule has 1 fully saturated rings. The van der Waals surface area contributed by atoms with Gasteiger partial charge < -0.3 is 10.2 Å². The first-order valence-corrected chi connectivity index (χ1v) is 11.0. The Labute approximate surface area is 167 Å². The first-order chi connectivity index (χ1) is 13.4. The van der Waals surface area contributed by atoms with Crippen molar-refractivity contribution in [3.05, 3.63) is 54.1 Å². The standard InChI is InChI=1S/C21H27N3O3S/c1-23(2)19-11-7-9-17(15-19)21(25)22-18-10-8-12-20(16-18)28(26,27)24-13-5-3-4-6-14-24/h7-12,15-16H,3-6,13-14H2,1-2H3,(H,22,25). The molecule has 1 aliphatic rings. The molecule has 0 unspecified atom stereocenters. The minimum Gasteiger partial charge on any atom is -0.378 e. The molecule has 2 aromatic rings. The van der Waals surface area contributed by atoms with Gasteiger partial charge in [0, 0.05) is 44.1 Å². The lowest BCUT2D eigenvalue weighted by Crippen LogP contribution is -2.32. The van der Waals surface area contributed by atoms with E-state index in [1.165, 1.54) is 6.07 Å². The van der Waals surface area contributed by atoms with Crippen molar-refractivity contribution in [1.29, 1.82) is 0 Å². The normalized spacial score (nSPS) is 15.6. The highest BCUT2D eigenvalue weighted by Gasteiger charge is 2.25. The van der Waals surface area contributed by atoms with Crippen molar-refractivity contribution in [2.24, 2.45) is 0 Å². The lowest BCUT2D eigenvalue weighted by atomic mass is 10.1. The van der Waals surface area contributed by atoms with Crippen LogP contribution in [0.15, 0.2) is 53.4 Å². The van der Waals surface area contributed by atoms with E-state index >= 15 is 0 Å². The predicted molar refractivity (Wildman–Crippen MR) is 112 cm³/mol. The summed E-state index contributed by atoms with van der Waals surface area (Å²) in [6.45, 7) is 1.10. The predicted octanol–water partition coefficient (Wildman–Crippen LogP) is 3.57. The van der Waals surface area contributed by atoms with Crippen LogP contribution in [0.3, 0.4) is 0 Å². The van der Waals surface area contributed by atoms with E-state index in [9.17, 15) is 13.2 Å². The van der Waals surface area contributed by atoms with E-state index in [2.05, 4.69) is 5.32 Å². The number of nitrogens with zero attached hydrogens (tertiary/aromatic N) is 2. The quantitative estimate of drug-likeness (QED) is 0.832. The first-order valence-electron chi connectivity index (χ1n) is 9.57. The van der Waals surface area contributed by atoms with Crippen molar-refractivity contribution >= 4 is 27.3 Å². The van der Waals surface area contributed by atoms with Crippen LogP contribution in [-0.2, 0) is 10.0 Å². The van der Waals surface area contributed by atoms with E-state index in [-0.39, 0.29) is 10.8 Å². The largest absolute Gasteiger partial charge is 0.378 e. The van der Waals surface area contributed by atoms with Crippen LogP contribution < -0.4 is 10.2 Å². The van der Waals surface area contributed by atoms with Crippen LogP contribution in [0.25, 0.3) is 0 Å². The molecule has 1 saturated heterocycles. The van der Waals surface area contributed by atoms with Crippen molar-refractivity contribution in [1.82, 2.24) is 4.31 Å². The number of benzene rings is 2. The summed E-state index contributed by atoms with van der Waals surface area (Å²) in [6.07, 6.45) is 3.90. The molecule has 1 amide bonds. The molecule has 1 heterocycles. The Morgan fingerprint density at radius 3 is 2.32 bits per heavy atom. The lowest BCUT2D eigenvalue weighted by molar-refractivity contribution is 0.102. The van der Waals surface area contributed by atoms with Gasteiger partial charge in [0.2, 0.25) is 10.0 Å². The molecule has 0 spiro atoms. The summed E-state index contributed by atoms with van der Waals surface area (Å²) in [5.74, 6) is -0.270. The van der Waals surface area contributed by atoms with Gasteiger partial charge in [-0.05, 0) is 49.2 Å². The average Bonchev–Trinajstić information content (AvgIpc) is 2.98. The van der Waals surface area contributed by atoms with E-state index in [0.29, 0.717) is 24.3 Å². The Balaban J connectivity index is 1.79. The minimum absolute atomic E-state index is 0.217. The van der Waals surface area contributed by atoms with Gasteiger partial charge in [0.25, 0.3) is 5.91 Å². The summed E-state index contributed by atoms with van der Waals surface area (Å²) in [4.78, 5) is 14.7. The number of carbonyl (C=O) groups excluding carboxylic acids is 1. The number of rotatable bonds is 5. The van der Waals surface area contributed by atoms with Crippen molar-refractivity contribution < 1.29 is 13.2 Å². The molecule has 0 atom stereocenters. The molecular weight excluding hydrogens is 374 g/mol. The topological polar surface area (TPSA) is 69.7 Å². The summed E-state index contributed by atoms with van der Waals surface area (Å²) >= 11 is 0. The van der Waals surface area contributed by atoms with Crippen molar-refractivity contribution in [2.75, 3.05) is 37.4 Å². The molecule has 28 heavy (non-hydrogen) atoms. The Morgan fingerprint density at radius 2 is 1.64 bits per heavy atom. The molecule has 0 saturated carbocycles. The van der Waals surface area contributed by atoms with Crippen LogP contribution >= 0.6 is 0 Å². The number of carbonyl (C=O) groups is 1. The maximum Gasteiger partial charge on any atom is 0.255 e. The van der Waals surface area contributed by atoms with E-state index < -0.39 is 10.0 Å². The van der Waals surface area contributed by atoms with E-state index in [1.54, 1.807) is 34.6 Å². The highest BCUT2D eigenvalue weighted by atomic mass is 32.2. The SMILES string of the molecule is CN(C)c1cccc(C(=O)Nc2cccc(S(=O)(=O)N3CCCCCC3)c2)c1. The molecule has 1 N–H and O–H groups in total. The van der Waals surface area contributed by atoms with Gasteiger partial charge in [-0.25, -0.2) is 8.42 Å². The maximum absolute atomic E-state index is 13.0. The van der Waals surface area contributed by atoms with E-state index in [4.69, 9.17) is 0 Å². The first kappa shape index (κ1) is 20.4.